The molecule has 2 aromatic rings. The van der Waals surface area contributed by atoms with Crippen molar-refractivity contribution in [2.45, 2.75) is 91.6 Å². The van der Waals surface area contributed by atoms with Crippen molar-refractivity contribution in [3.8, 4) is 11.5 Å². The Morgan fingerprint density at radius 1 is 0.628 bits per heavy atom. The van der Waals surface area contributed by atoms with Crippen molar-refractivity contribution in [2.75, 3.05) is 39.5 Å². The van der Waals surface area contributed by atoms with Crippen molar-refractivity contribution in [1.82, 2.24) is 0 Å². The third-order valence-corrected chi connectivity index (χ3v) is 7.73. The van der Waals surface area contributed by atoms with Crippen LogP contribution in [-0.4, -0.2) is 62.2 Å². The first-order chi connectivity index (χ1) is 20.2. The molecule has 2 heterocycles. The Hall–Kier alpha value is -2.78. The quantitative estimate of drug-likeness (QED) is 0.315. The van der Waals surface area contributed by atoms with E-state index in [1.807, 2.05) is 24.3 Å². The average Bonchev–Trinajstić information content (AvgIpc) is 2.94. The van der Waals surface area contributed by atoms with Crippen molar-refractivity contribution in [3.05, 3.63) is 57.6 Å². The van der Waals surface area contributed by atoms with Gasteiger partial charge in [0.05, 0.1) is 37.6 Å². The highest BCUT2D eigenvalue weighted by Crippen LogP contribution is 2.38. The number of hydrogen-bond donors (Lipinski definition) is 2. The third-order valence-electron chi connectivity index (χ3n) is 7.73. The molecule has 0 bridgehead atoms. The molecule has 8 heteroatoms. The minimum atomic E-state index is -0.584. The Morgan fingerprint density at radius 3 is 1.30 bits per heavy atom. The monoisotopic (exact) mass is 594 g/mol. The van der Waals surface area contributed by atoms with Gasteiger partial charge in [-0.1, -0.05) is 55.4 Å². The van der Waals surface area contributed by atoms with Gasteiger partial charge in [0.2, 0.25) is 0 Å². The zero-order valence-corrected chi connectivity index (χ0v) is 27.2. The molecule has 0 saturated carbocycles. The van der Waals surface area contributed by atoms with Crippen molar-refractivity contribution >= 4 is 12.4 Å². The number of aromatic hydroxyl groups is 2. The Morgan fingerprint density at radius 2 is 0.977 bits per heavy atom. The van der Waals surface area contributed by atoms with E-state index >= 15 is 0 Å². The summed E-state index contributed by atoms with van der Waals surface area (Å²) in [6, 6.07) is 7.92. The zero-order valence-electron chi connectivity index (χ0n) is 27.2. The van der Waals surface area contributed by atoms with Gasteiger partial charge in [-0.15, -0.1) is 0 Å². The van der Waals surface area contributed by atoms with Gasteiger partial charge in [0.25, 0.3) is 0 Å². The lowest BCUT2D eigenvalue weighted by molar-refractivity contribution is -0.183. The van der Waals surface area contributed by atoms with Gasteiger partial charge in [-0.2, -0.15) is 0 Å². The summed E-state index contributed by atoms with van der Waals surface area (Å²) >= 11 is 0. The molecular formula is C35H50N2O6. The van der Waals surface area contributed by atoms with Crippen LogP contribution in [0.25, 0.3) is 0 Å². The first-order valence-electron chi connectivity index (χ1n) is 15.4. The Kier molecular flexibility index (Phi) is 10.4. The van der Waals surface area contributed by atoms with E-state index in [0.717, 1.165) is 24.0 Å². The van der Waals surface area contributed by atoms with Gasteiger partial charge in [0, 0.05) is 42.1 Å². The molecule has 2 fully saturated rings. The highest BCUT2D eigenvalue weighted by molar-refractivity contribution is 5.85. The summed E-state index contributed by atoms with van der Waals surface area (Å²) in [7, 11) is 0. The number of rotatable bonds is 8. The van der Waals surface area contributed by atoms with Crippen LogP contribution >= 0.6 is 0 Å². The number of hydrogen-bond acceptors (Lipinski definition) is 8. The van der Waals surface area contributed by atoms with Gasteiger partial charge in [0.1, 0.15) is 11.5 Å². The highest BCUT2D eigenvalue weighted by Gasteiger charge is 2.27. The van der Waals surface area contributed by atoms with Gasteiger partial charge in [0.15, 0.2) is 12.6 Å². The van der Waals surface area contributed by atoms with Gasteiger partial charge < -0.3 is 29.2 Å². The second-order valence-corrected chi connectivity index (χ2v) is 14.5. The summed E-state index contributed by atoms with van der Waals surface area (Å²) in [5.41, 5.74) is 4.19. The first kappa shape index (κ1) is 33.1. The van der Waals surface area contributed by atoms with Crippen LogP contribution in [-0.2, 0) is 29.8 Å². The van der Waals surface area contributed by atoms with Crippen LogP contribution in [0.5, 0.6) is 11.5 Å². The molecule has 2 aliphatic rings. The predicted octanol–water partition coefficient (Wildman–Crippen LogP) is 7.13. The molecular weight excluding hydrogens is 544 g/mol. The normalized spacial score (nSPS) is 18.2. The number of benzene rings is 2. The van der Waals surface area contributed by atoms with Gasteiger partial charge in [-0.05, 0) is 59.1 Å². The lowest BCUT2D eigenvalue weighted by Crippen LogP contribution is -2.21. The molecule has 236 valence electrons. The minimum absolute atomic E-state index is 0.126. The van der Waals surface area contributed by atoms with E-state index < -0.39 is 12.6 Å². The van der Waals surface area contributed by atoms with Crippen molar-refractivity contribution in [3.63, 3.8) is 0 Å². The van der Waals surface area contributed by atoms with Crippen LogP contribution in [0.2, 0.25) is 0 Å². The molecule has 2 saturated heterocycles. The van der Waals surface area contributed by atoms with Crippen LogP contribution in [0, 0.1) is 5.41 Å². The van der Waals surface area contributed by atoms with Crippen molar-refractivity contribution in [2.24, 2.45) is 15.4 Å². The number of nitrogens with zero attached hydrogens (tertiary/aromatic N) is 2. The second kappa shape index (κ2) is 13.5. The lowest BCUT2D eigenvalue weighted by atomic mass is 9.84. The minimum Gasteiger partial charge on any atom is -0.507 e. The van der Waals surface area contributed by atoms with Gasteiger partial charge in [-0.25, -0.2) is 0 Å². The Labute approximate surface area is 257 Å². The molecule has 0 amide bonds. The third kappa shape index (κ3) is 8.66. The lowest BCUT2D eigenvalue weighted by Gasteiger charge is -2.27. The molecule has 2 aliphatic heterocycles. The summed E-state index contributed by atoms with van der Waals surface area (Å²) in [6.45, 7) is 20.4. The molecule has 43 heavy (non-hydrogen) atoms. The molecule has 0 unspecified atom stereocenters. The summed E-state index contributed by atoms with van der Waals surface area (Å²) in [6.07, 6.45) is 3.98. The largest absolute Gasteiger partial charge is 0.507 e. The first-order valence-corrected chi connectivity index (χ1v) is 15.4. The SMILES string of the molecule is CC(C)(C/N=C/c1cc(C(C)(C)C)cc(C2OCCCO2)c1O)C/N=C/c1cc(C(C)(C)C)cc(C2OCCCO2)c1O. The predicted molar refractivity (Wildman–Crippen MR) is 171 cm³/mol. The zero-order chi connectivity index (χ0) is 31.4. The van der Waals surface area contributed by atoms with Gasteiger partial charge in [-0.3, -0.25) is 9.98 Å². The van der Waals surface area contributed by atoms with E-state index in [4.69, 9.17) is 28.9 Å². The van der Waals surface area contributed by atoms with Crippen molar-refractivity contribution in [1.29, 1.82) is 0 Å². The Bertz CT molecular complexity index is 1210. The van der Waals surface area contributed by atoms with Crippen molar-refractivity contribution < 1.29 is 29.2 Å². The molecule has 0 atom stereocenters. The molecule has 2 N–H and O–H groups in total. The topological polar surface area (TPSA) is 102 Å². The van der Waals surface area contributed by atoms with Crippen LogP contribution in [0.1, 0.15) is 114 Å². The summed E-state index contributed by atoms with van der Waals surface area (Å²) in [4.78, 5) is 9.45. The van der Waals surface area contributed by atoms with Crippen LogP contribution < -0.4 is 0 Å². The smallest absolute Gasteiger partial charge is 0.187 e. The summed E-state index contributed by atoms with van der Waals surface area (Å²) in [5.74, 6) is 0.269. The van der Waals surface area contributed by atoms with Crippen LogP contribution in [0.4, 0.5) is 0 Å². The van der Waals surface area contributed by atoms with Gasteiger partial charge >= 0.3 is 0 Å². The van der Waals surface area contributed by atoms with E-state index in [0.29, 0.717) is 61.8 Å². The fourth-order valence-electron chi connectivity index (χ4n) is 4.95. The maximum Gasteiger partial charge on any atom is 0.187 e. The van der Waals surface area contributed by atoms with Crippen LogP contribution in [0.15, 0.2) is 34.3 Å². The van der Waals surface area contributed by atoms with Crippen LogP contribution in [0.3, 0.4) is 0 Å². The maximum absolute atomic E-state index is 11.1. The second-order valence-electron chi connectivity index (χ2n) is 14.5. The number of phenolic OH excluding ortho intramolecular Hbond substituents is 2. The summed E-state index contributed by atoms with van der Waals surface area (Å²) < 4.78 is 23.2. The molecule has 8 nitrogen and oxygen atoms in total. The summed E-state index contributed by atoms with van der Waals surface area (Å²) in [5, 5.41) is 22.3. The molecule has 0 aromatic heterocycles. The van der Waals surface area contributed by atoms with E-state index in [-0.39, 0.29) is 27.7 Å². The Balaban J connectivity index is 1.51. The standard InChI is InChI=1S/C35H50N2O6/c1-33(2,3)25-15-23(29(38)27(17-25)31-40-11-9-12-41-31)19-36-21-35(7,8)22-37-20-24-16-26(34(4,5)6)18-28(30(24)39)32-42-13-10-14-43-32/h15-20,31-32,38-39H,9-14,21-22H2,1-8H3/b36-19+,37-20+. The fourth-order valence-corrected chi connectivity index (χ4v) is 4.95. The molecule has 0 radical (unpaired) electrons. The number of ether oxygens (including phenoxy) is 4. The molecule has 4 rings (SSSR count). The van der Waals surface area contributed by atoms with E-state index in [1.54, 1.807) is 12.4 Å². The van der Waals surface area contributed by atoms with E-state index in [1.165, 1.54) is 0 Å². The van der Waals surface area contributed by atoms with E-state index in [2.05, 4.69) is 55.4 Å². The molecule has 2 aromatic carbocycles. The number of aliphatic imine (C=N–C) groups is 2. The fraction of sp³-hybridized carbons (Fsp3) is 0.600. The average molecular weight is 595 g/mol. The highest BCUT2D eigenvalue weighted by atomic mass is 16.7. The maximum atomic E-state index is 11.1. The van der Waals surface area contributed by atoms with E-state index in [9.17, 15) is 10.2 Å². The molecule has 0 spiro atoms. The number of phenols is 2. The molecule has 0 aliphatic carbocycles.